The number of hydrogen-bond donors (Lipinski definition) is 3. The summed E-state index contributed by atoms with van der Waals surface area (Å²) in [4.78, 5) is 20.7. The number of nitrogens with zero attached hydrogens (tertiary/aromatic N) is 2. The summed E-state index contributed by atoms with van der Waals surface area (Å²) in [6.07, 6.45) is 17.8. The molecule has 1 aromatic carbocycles. The maximum atomic E-state index is 11.6. The van der Waals surface area contributed by atoms with Crippen LogP contribution in [0.5, 0.6) is 0 Å². The fourth-order valence-corrected chi connectivity index (χ4v) is 13.7. The van der Waals surface area contributed by atoms with Gasteiger partial charge in [0.05, 0.1) is 5.56 Å². The lowest BCUT2D eigenvalue weighted by molar-refractivity contribution is -0.219. The molecule has 1 heterocycles. The molecule has 5 aliphatic rings. The molecule has 5 aliphatic carbocycles. The molecular formula is C43H60N4O2S. The second-order valence-corrected chi connectivity index (χ2v) is 18.9. The molecule has 0 amide bonds. The maximum Gasteiger partial charge on any atom is 0.335 e. The molecule has 0 radical (unpaired) electrons. The molecule has 3 N–H and O–H groups in total. The van der Waals surface area contributed by atoms with Crippen LogP contribution < -0.4 is 10.6 Å². The van der Waals surface area contributed by atoms with Crippen molar-refractivity contribution in [3.8, 4) is 0 Å². The Kier molecular flexibility index (Phi) is 9.14. The molecule has 4 saturated carbocycles. The van der Waals surface area contributed by atoms with E-state index < -0.39 is 5.97 Å². The summed E-state index contributed by atoms with van der Waals surface area (Å²) in [5.41, 5.74) is 5.35. The van der Waals surface area contributed by atoms with Gasteiger partial charge in [0.2, 0.25) is 5.95 Å². The van der Waals surface area contributed by atoms with Crippen molar-refractivity contribution in [1.82, 2.24) is 15.3 Å². The number of aromatic nitrogens is 2. The van der Waals surface area contributed by atoms with Gasteiger partial charge in [-0.2, -0.15) is 0 Å². The highest BCUT2D eigenvalue weighted by Gasteiger charge is 2.70. The Morgan fingerprint density at radius 1 is 0.940 bits per heavy atom. The van der Waals surface area contributed by atoms with E-state index >= 15 is 0 Å². The largest absolute Gasteiger partial charge is 0.478 e. The zero-order valence-electron chi connectivity index (χ0n) is 31.6. The number of benzene rings is 1. The van der Waals surface area contributed by atoms with Gasteiger partial charge in [0.25, 0.3) is 0 Å². The first-order valence-electron chi connectivity index (χ1n) is 19.3. The van der Waals surface area contributed by atoms with Crippen molar-refractivity contribution in [3.05, 3.63) is 65.9 Å². The Labute approximate surface area is 305 Å². The first kappa shape index (κ1) is 35.7. The van der Waals surface area contributed by atoms with Gasteiger partial charge in [0.15, 0.2) is 0 Å². The summed E-state index contributed by atoms with van der Waals surface area (Å²) >= 11 is 1.65. The van der Waals surface area contributed by atoms with E-state index in [1.54, 1.807) is 23.9 Å². The van der Waals surface area contributed by atoms with E-state index in [2.05, 4.69) is 81.1 Å². The zero-order valence-corrected chi connectivity index (χ0v) is 32.4. The molecule has 2 aromatic rings. The van der Waals surface area contributed by atoms with Gasteiger partial charge in [-0.25, -0.2) is 14.8 Å². The molecule has 9 unspecified atom stereocenters. The molecule has 0 aliphatic heterocycles. The van der Waals surface area contributed by atoms with Gasteiger partial charge in [0, 0.05) is 24.8 Å². The van der Waals surface area contributed by atoms with E-state index in [1.165, 1.54) is 68.1 Å². The molecule has 4 fully saturated rings. The van der Waals surface area contributed by atoms with Gasteiger partial charge in [0.1, 0.15) is 5.03 Å². The first-order chi connectivity index (χ1) is 23.7. The van der Waals surface area contributed by atoms with E-state index in [-0.39, 0.29) is 16.4 Å². The molecule has 6 nitrogen and oxygen atoms in total. The predicted octanol–water partition coefficient (Wildman–Crippen LogP) is 10.0. The van der Waals surface area contributed by atoms with E-state index in [4.69, 9.17) is 0 Å². The summed E-state index contributed by atoms with van der Waals surface area (Å²) in [5.74, 6) is 3.04. The molecule has 7 rings (SSSR count). The number of carboxylic acid groups (broad SMARTS) is 1. The average molecular weight is 697 g/mol. The number of fused-ring (bicyclic) bond motifs is 7. The van der Waals surface area contributed by atoms with Gasteiger partial charge in [-0.05, 0) is 152 Å². The van der Waals surface area contributed by atoms with E-state index in [9.17, 15) is 9.90 Å². The second kappa shape index (κ2) is 12.8. The van der Waals surface area contributed by atoms with Gasteiger partial charge < -0.3 is 15.7 Å². The molecule has 9 atom stereocenters. The third-order valence-electron chi connectivity index (χ3n) is 15.8. The summed E-state index contributed by atoms with van der Waals surface area (Å²) in [6.45, 7) is 21.7. The van der Waals surface area contributed by atoms with Crippen molar-refractivity contribution in [1.29, 1.82) is 0 Å². The van der Waals surface area contributed by atoms with Crippen LogP contribution in [-0.4, -0.2) is 45.9 Å². The zero-order chi connectivity index (χ0) is 35.7. The minimum absolute atomic E-state index is 0.0226. The Bertz CT molecular complexity index is 1670. The van der Waals surface area contributed by atoms with E-state index in [0.717, 1.165) is 30.5 Å². The Balaban J connectivity index is 1.14. The molecule has 0 bridgehead atoms. The highest BCUT2D eigenvalue weighted by molar-refractivity contribution is 7.98. The molecule has 7 heteroatoms. The number of allylic oxidation sites excluding steroid dienone is 3. The van der Waals surface area contributed by atoms with Gasteiger partial charge in [-0.15, -0.1) is 11.8 Å². The van der Waals surface area contributed by atoms with Crippen LogP contribution >= 0.6 is 11.8 Å². The molecule has 50 heavy (non-hydrogen) atoms. The van der Waals surface area contributed by atoms with E-state index in [1.807, 2.05) is 24.4 Å². The van der Waals surface area contributed by atoms with Gasteiger partial charge >= 0.3 is 5.97 Å². The maximum absolute atomic E-state index is 11.6. The van der Waals surface area contributed by atoms with Crippen LogP contribution in [0.25, 0.3) is 5.57 Å². The minimum atomic E-state index is -0.862. The topological polar surface area (TPSA) is 87.1 Å². The molecule has 1 aromatic heterocycles. The van der Waals surface area contributed by atoms with E-state index in [0.29, 0.717) is 46.0 Å². The number of aromatic carboxylic acids is 1. The van der Waals surface area contributed by atoms with Crippen LogP contribution in [-0.2, 0) is 0 Å². The fraction of sp³-hybridized carbons (Fsp3) is 0.651. The van der Waals surface area contributed by atoms with Crippen molar-refractivity contribution in [2.45, 2.75) is 110 Å². The van der Waals surface area contributed by atoms with Gasteiger partial charge in [-0.1, -0.05) is 65.0 Å². The molecule has 0 spiro atoms. The fourth-order valence-electron chi connectivity index (χ4n) is 13.4. The summed E-state index contributed by atoms with van der Waals surface area (Å²) < 4.78 is 0. The molecule has 270 valence electrons. The summed E-state index contributed by atoms with van der Waals surface area (Å²) in [5, 5.41) is 18.2. The van der Waals surface area contributed by atoms with Crippen LogP contribution in [0.1, 0.15) is 115 Å². The Morgan fingerprint density at radius 3 is 2.40 bits per heavy atom. The standard InChI is InChI=1S/C43H60N4O2S/c1-27(2)30-15-21-43(46-26-25-45-38-44-24-18-35(47-38)50-8)23-22-41(6)32(36(30)43)13-14-34-40(5)19-16-31(28-9-11-29(12-10-28)37(48)49)39(3,4)33(40)17-20-42(34,41)7/h9-12,16,18,24,30,32-34,36,46H,1,13-15,17,19-23,25-26H2,2-8H3,(H,48,49)(H,44,45,47). The predicted molar refractivity (Wildman–Crippen MR) is 206 cm³/mol. The monoisotopic (exact) mass is 696 g/mol. The SMILES string of the molecule is C=C(C)C1CCC2(NCCNc3nccc(SC)n3)CCC3(C)C(CCC4C5(C)CC=C(c6ccc(C(=O)O)cc6)C(C)(C)C5CCC43C)C12. The number of hydrogen-bond acceptors (Lipinski definition) is 6. The lowest BCUT2D eigenvalue weighted by Crippen LogP contribution is -2.68. The highest BCUT2D eigenvalue weighted by atomic mass is 32.2. The van der Waals surface area contributed by atoms with Crippen LogP contribution in [0.15, 0.2) is 59.8 Å². The minimum Gasteiger partial charge on any atom is -0.478 e. The third-order valence-corrected chi connectivity index (χ3v) is 16.5. The first-order valence-corrected chi connectivity index (χ1v) is 20.5. The lowest BCUT2D eigenvalue weighted by Gasteiger charge is -2.72. The van der Waals surface area contributed by atoms with Crippen LogP contribution in [0, 0.1) is 51.2 Å². The van der Waals surface area contributed by atoms with Crippen LogP contribution in [0.2, 0.25) is 0 Å². The number of carbonyl (C=O) groups is 1. The van der Waals surface area contributed by atoms with Gasteiger partial charge in [-0.3, -0.25) is 0 Å². The second-order valence-electron chi connectivity index (χ2n) is 18.0. The number of thioether (sulfide) groups is 1. The van der Waals surface area contributed by atoms with Crippen molar-refractivity contribution < 1.29 is 9.90 Å². The smallest absolute Gasteiger partial charge is 0.335 e. The highest BCUT2D eigenvalue weighted by Crippen LogP contribution is 2.76. The van der Waals surface area contributed by atoms with Crippen molar-refractivity contribution in [2.24, 2.45) is 51.2 Å². The number of rotatable bonds is 9. The Morgan fingerprint density at radius 2 is 1.70 bits per heavy atom. The molecular weight excluding hydrogens is 637 g/mol. The third kappa shape index (κ3) is 5.42. The van der Waals surface area contributed by atoms with Crippen LogP contribution in [0.3, 0.4) is 0 Å². The Hall–Kier alpha value is -2.64. The number of carboxylic acids is 1. The van der Waals surface area contributed by atoms with Crippen molar-refractivity contribution in [2.75, 3.05) is 24.7 Å². The summed E-state index contributed by atoms with van der Waals surface area (Å²) in [6, 6.07) is 9.58. The normalized spacial score (nSPS) is 38.5. The molecule has 0 saturated heterocycles. The van der Waals surface area contributed by atoms with Crippen molar-refractivity contribution in [3.63, 3.8) is 0 Å². The summed E-state index contributed by atoms with van der Waals surface area (Å²) in [7, 11) is 0. The van der Waals surface area contributed by atoms with Crippen LogP contribution in [0.4, 0.5) is 5.95 Å². The van der Waals surface area contributed by atoms with Crippen molar-refractivity contribution >= 4 is 29.3 Å². The number of anilines is 1. The average Bonchev–Trinajstić information content (AvgIpc) is 3.47. The quantitative estimate of drug-likeness (QED) is 0.104. The lowest BCUT2D eigenvalue weighted by atomic mass is 9.33. The number of nitrogens with one attached hydrogen (secondary N) is 2.